The summed E-state index contributed by atoms with van der Waals surface area (Å²) < 4.78 is 27.8. The van der Waals surface area contributed by atoms with Gasteiger partial charge in [0.05, 0.1) is 0 Å². The third kappa shape index (κ3) is 3.42. The molecular formula is C14H22N2O2S2. The molecule has 0 saturated heterocycles. The average Bonchev–Trinajstić information content (AvgIpc) is 3.08. The summed E-state index contributed by atoms with van der Waals surface area (Å²) in [5, 5.41) is 3.44. The lowest BCUT2D eigenvalue weighted by molar-refractivity contribution is 0.316. The topological polar surface area (TPSA) is 58.2 Å². The van der Waals surface area contributed by atoms with Crippen molar-refractivity contribution in [2.75, 3.05) is 6.54 Å². The van der Waals surface area contributed by atoms with Crippen LogP contribution < -0.4 is 10.0 Å². The number of hydrogen-bond donors (Lipinski definition) is 2. The van der Waals surface area contributed by atoms with Gasteiger partial charge in [0.1, 0.15) is 4.21 Å². The van der Waals surface area contributed by atoms with Crippen LogP contribution in [0.3, 0.4) is 0 Å². The lowest BCUT2D eigenvalue weighted by Gasteiger charge is -2.25. The molecule has 2 aliphatic carbocycles. The molecule has 0 unspecified atom stereocenters. The van der Waals surface area contributed by atoms with Crippen molar-refractivity contribution in [3.05, 3.63) is 16.5 Å². The van der Waals surface area contributed by atoms with Gasteiger partial charge in [0.25, 0.3) is 0 Å². The van der Waals surface area contributed by atoms with Crippen molar-refractivity contribution in [2.45, 2.75) is 55.8 Å². The molecule has 0 amide bonds. The summed E-state index contributed by atoms with van der Waals surface area (Å²) in [6, 6.07) is 2.45. The maximum atomic E-state index is 12.3. The minimum atomic E-state index is -3.32. The van der Waals surface area contributed by atoms with E-state index in [1.165, 1.54) is 30.6 Å². The molecule has 0 bridgehead atoms. The number of hydrogen-bond acceptors (Lipinski definition) is 4. The van der Waals surface area contributed by atoms with E-state index in [1.807, 2.05) is 6.92 Å². The van der Waals surface area contributed by atoms with Crippen LogP contribution in [0.4, 0.5) is 0 Å². The van der Waals surface area contributed by atoms with Gasteiger partial charge in [-0.05, 0) is 50.2 Å². The zero-order valence-electron chi connectivity index (χ0n) is 11.8. The zero-order chi connectivity index (χ0) is 14.2. The molecule has 1 aromatic heterocycles. The molecule has 1 aromatic rings. The van der Waals surface area contributed by atoms with Crippen LogP contribution in [0.15, 0.2) is 10.3 Å². The Morgan fingerprint density at radius 2 is 2.05 bits per heavy atom. The summed E-state index contributed by atoms with van der Waals surface area (Å²) in [5.74, 6) is 0.543. The second kappa shape index (κ2) is 5.75. The molecule has 112 valence electrons. The Labute approximate surface area is 125 Å². The van der Waals surface area contributed by atoms with Crippen molar-refractivity contribution < 1.29 is 8.42 Å². The van der Waals surface area contributed by atoms with E-state index in [1.54, 1.807) is 6.07 Å². The fourth-order valence-corrected chi connectivity index (χ4v) is 5.02. The molecular weight excluding hydrogens is 292 g/mol. The molecule has 6 heteroatoms. The number of nitrogens with one attached hydrogen (secondary N) is 2. The van der Waals surface area contributed by atoms with Gasteiger partial charge in [-0.2, -0.15) is 0 Å². The fraction of sp³-hybridized carbons (Fsp3) is 0.714. The van der Waals surface area contributed by atoms with Crippen molar-refractivity contribution in [3.8, 4) is 0 Å². The molecule has 0 spiro atoms. The van der Waals surface area contributed by atoms with Gasteiger partial charge in [0, 0.05) is 24.0 Å². The van der Waals surface area contributed by atoms with Crippen LogP contribution in [-0.2, 0) is 16.6 Å². The molecule has 1 heterocycles. The van der Waals surface area contributed by atoms with E-state index >= 15 is 0 Å². The zero-order valence-corrected chi connectivity index (χ0v) is 13.4. The first kappa shape index (κ1) is 14.5. The van der Waals surface area contributed by atoms with Crippen LogP contribution in [0, 0.1) is 12.8 Å². The minimum Gasteiger partial charge on any atom is -0.309 e. The summed E-state index contributed by atoms with van der Waals surface area (Å²) >= 11 is 1.40. The van der Waals surface area contributed by atoms with Gasteiger partial charge in [-0.1, -0.05) is 6.42 Å². The quantitative estimate of drug-likeness (QED) is 0.812. The molecule has 2 saturated carbocycles. The van der Waals surface area contributed by atoms with E-state index in [0.29, 0.717) is 22.7 Å². The largest absolute Gasteiger partial charge is 0.309 e. The van der Waals surface area contributed by atoms with Gasteiger partial charge in [0.2, 0.25) is 10.0 Å². The van der Waals surface area contributed by atoms with Crippen LogP contribution in [0.1, 0.15) is 42.5 Å². The van der Waals surface area contributed by atoms with Crippen LogP contribution >= 0.6 is 11.3 Å². The smallest absolute Gasteiger partial charge is 0.250 e. The maximum absolute atomic E-state index is 12.3. The Kier molecular flexibility index (Phi) is 4.17. The molecule has 3 rings (SSSR count). The highest BCUT2D eigenvalue weighted by atomic mass is 32.2. The van der Waals surface area contributed by atoms with Crippen molar-refractivity contribution in [3.63, 3.8) is 0 Å². The predicted octanol–water partition coefficient (Wildman–Crippen LogP) is 2.39. The van der Waals surface area contributed by atoms with E-state index in [2.05, 4.69) is 10.0 Å². The highest BCUT2D eigenvalue weighted by molar-refractivity contribution is 7.91. The van der Waals surface area contributed by atoms with Gasteiger partial charge < -0.3 is 5.32 Å². The molecule has 0 aromatic carbocycles. The number of sulfonamides is 1. The Bertz CT molecular complexity index is 572. The normalized spacial score (nSPS) is 20.1. The summed E-state index contributed by atoms with van der Waals surface area (Å²) in [5.41, 5.74) is 1.08. The van der Waals surface area contributed by atoms with E-state index in [4.69, 9.17) is 0 Å². The third-order valence-corrected chi connectivity index (χ3v) is 7.31. The van der Waals surface area contributed by atoms with Gasteiger partial charge in [-0.25, -0.2) is 13.1 Å². The highest BCUT2D eigenvalue weighted by Crippen LogP contribution is 2.29. The van der Waals surface area contributed by atoms with Gasteiger partial charge in [-0.15, -0.1) is 11.3 Å². The molecule has 4 nitrogen and oxygen atoms in total. The van der Waals surface area contributed by atoms with Crippen molar-refractivity contribution in [1.29, 1.82) is 0 Å². The molecule has 0 aliphatic heterocycles. The van der Waals surface area contributed by atoms with E-state index in [-0.39, 0.29) is 0 Å². The number of rotatable bonds is 7. The van der Waals surface area contributed by atoms with Gasteiger partial charge >= 0.3 is 0 Å². The second-order valence-corrected chi connectivity index (χ2v) is 9.11. The number of thiophene rings is 1. The van der Waals surface area contributed by atoms with Crippen LogP contribution in [0.25, 0.3) is 0 Å². The Morgan fingerprint density at radius 1 is 1.30 bits per heavy atom. The van der Waals surface area contributed by atoms with Crippen LogP contribution in [0.5, 0.6) is 0 Å². The molecule has 0 atom stereocenters. The second-order valence-electron chi connectivity index (χ2n) is 5.98. The SMILES string of the molecule is Cc1cc(S(=O)(=O)NCC2CCC2)sc1CNC1CC1. The Morgan fingerprint density at radius 3 is 2.65 bits per heavy atom. The third-order valence-electron chi connectivity index (χ3n) is 4.18. The lowest BCUT2D eigenvalue weighted by atomic mass is 9.86. The maximum Gasteiger partial charge on any atom is 0.250 e. The summed E-state index contributed by atoms with van der Waals surface area (Å²) in [6.07, 6.45) is 6.05. The Hall–Kier alpha value is -0.430. The summed E-state index contributed by atoms with van der Waals surface area (Å²) in [6.45, 7) is 3.37. The molecule has 2 N–H and O–H groups in total. The molecule has 0 radical (unpaired) electrons. The highest BCUT2D eigenvalue weighted by Gasteiger charge is 2.24. The standard InChI is InChI=1S/C14H22N2O2S2/c1-10-7-14(19-13(10)9-15-12-5-6-12)20(17,18)16-8-11-3-2-4-11/h7,11-12,15-16H,2-6,8-9H2,1H3. The first-order chi connectivity index (χ1) is 9.54. The lowest BCUT2D eigenvalue weighted by Crippen LogP contribution is -2.31. The van der Waals surface area contributed by atoms with Crippen LogP contribution in [-0.4, -0.2) is 21.0 Å². The van der Waals surface area contributed by atoms with Crippen LogP contribution in [0.2, 0.25) is 0 Å². The van der Waals surface area contributed by atoms with Gasteiger partial charge in [0.15, 0.2) is 0 Å². The van der Waals surface area contributed by atoms with Gasteiger partial charge in [-0.3, -0.25) is 0 Å². The van der Waals surface area contributed by atoms with Crippen molar-refractivity contribution in [1.82, 2.24) is 10.0 Å². The minimum absolute atomic E-state index is 0.460. The summed E-state index contributed by atoms with van der Waals surface area (Å²) in [7, 11) is -3.32. The molecule has 2 fully saturated rings. The fourth-order valence-electron chi connectivity index (χ4n) is 2.32. The Balaban J connectivity index is 1.63. The van der Waals surface area contributed by atoms with Crippen molar-refractivity contribution >= 4 is 21.4 Å². The number of aryl methyl sites for hydroxylation is 1. The first-order valence-electron chi connectivity index (χ1n) is 7.37. The van der Waals surface area contributed by atoms with E-state index < -0.39 is 10.0 Å². The summed E-state index contributed by atoms with van der Waals surface area (Å²) in [4.78, 5) is 1.14. The molecule has 2 aliphatic rings. The monoisotopic (exact) mass is 314 g/mol. The first-order valence-corrected chi connectivity index (χ1v) is 9.67. The van der Waals surface area contributed by atoms with E-state index in [0.717, 1.165) is 29.8 Å². The average molecular weight is 314 g/mol. The molecule has 20 heavy (non-hydrogen) atoms. The van der Waals surface area contributed by atoms with Crippen molar-refractivity contribution in [2.24, 2.45) is 5.92 Å². The van der Waals surface area contributed by atoms with E-state index in [9.17, 15) is 8.42 Å². The predicted molar refractivity (Wildman–Crippen MR) is 81.4 cm³/mol.